The first-order valence-electron chi connectivity index (χ1n) is 26.0. The predicted octanol–water partition coefficient (Wildman–Crippen LogP) is 17.0. The van der Waals surface area contributed by atoms with Crippen molar-refractivity contribution in [2.75, 3.05) is 12.3 Å². The minimum atomic E-state index is -0.0922. The summed E-state index contributed by atoms with van der Waals surface area (Å²) >= 11 is 1.47. The van der Waals surface area contributed by atoms with Crippen molar-refractivity contribution in [3.63, 3.8) is 0 Å². The zero-order valence-electron chi connectivity index (χ0n) is 40.7. The second-order valence-corrected chi connectivity index (χ2v) is 19.4. The first-order valence-corrected chi connectivity index (χ1v) is 27.0. The van der Waals surface area contributed by atoms with Crippen LogP contribution in [0.2, 0.25) is 0 Å². The monoisotopic (exact) mass is 852 g/mol. The average molecular weight is 852 g/mol. The third kappa shape index (κ3) is 34.0. The standard InChI is InChI=1S/C52H101NO5S/c1-9-15-20-24-28-37-48(38-29-25-21-16-10-2)57-50(54)41-32-35-47(53(14-6)52(56)59-44-43-46(45(7)8)34-19-13-5)36-33-42-51(55)58-49(39-30-26-22-17-11-3)40-31-27-23-18-12-4/h45-49H,9-44H2,1-8H3. The quantitative estimate of drug-likeness (QED) is 0.0449. The molecule has 0 aromatic carbocycles. The van der Waals surface area contributed by atoms with Crippen LogP contribution in [0.25, 0.3) is 0 Å². The third-order valence-electron chi connectivity index (χ3n) is 12.6. The first kappa shape index (κ1) is 57.8. The molecule has 0 fully saturated rings. The van der Waals surface area contributed by atoms with E-state index in [1.807, 2.05) is 4.90 Å². The highest BCUT2D eigenvalue weighted by Gasteiger charge is 2.25. The maximum Gasteiger partial charge on any atom is 0.306 e. The molecule has 1 unspecified atom stereocenters. The topological polar surface area (TPSA) is 72.9 Å². The summed E-state index contributed by atoms with van der Waals surface area (Å²) in [5.41, 5.74) is 0. The van der Waals surface area contributed by atoms with E-state index in [2.05, 4.69) is 55.4 Å². The molecule has 0 saturated heterocycles. The summed E-state index contributed by atoms with van der Waals surface area (Å²) in [6.07, 6.45) is 36.6. The Balaban J connectivity index is 5.59. The lowest BCUT2D eigenvalue weighted by molar-refractivity contribution is -0.150. The molecule has 0 saturated carbocycles. The molecule has 0 N–H and O–H groups in total. The van der Waals surface area contributed by atoms with Crippen molar-refractivity contribution < 1.29 is 23.9 Å². The molecule has 1 amide bonds. The number of rotatable bonds is 43. The molecule has 0 rings (SSSR count). The molecular weight excluding hydrogens is 751 g/mol. The molecule has 0 aromatic heterocycles. The van der Waals surface area contributed by atoms with E-state index in [4.69, 9.17) is 9.47 Å². The molecule has 0 heterocycles. The highest BCUT2D eigenvalue weighted by molar-refractivity contribution is 8.13. The summed E-state index contributed by atoms with van der Waals surface area (Å²) in [7, 11) is 0. The number of carbonyl (C=O) groups is 3. The Labute approximate surface area is 372 Å². The number of nitrogens with zero attached hydrogens (tertiary/aromatic N) is 1. The normalized spacial score (nSPS) is 12.3. The van der Waals surface area contributed by atoms with Gasteiger partial charge in [0.1, 0.15) is 12.2 Å². The Morgan fingerprint density at radius 1 is 0.441 bits per heavy atom. The number of hydrogen-bond acceptors (Lipinski definition) is 6. The van der Waals surface area contributed by atoms with Crippen molar-refractivity contribution in [2.24, 2.45) is 11.8 Å². The maximum absolute atomic E-state index is 13.8. The molecule has 1 atom stereocenters. The van der Waals surface area contributed by atoms with Gasteiger partial charge in [-0.1, -0.05) is 182 Å². The van der Waals surface area contributed by atoms with E-state index in [1.54, 1.807) is 0 Å². The smallest absolute Gasteiger partial charge is 0.306 e. The van der Waals surface area contributed by atoms with Crippen molar-refractivity contribution in [1.29, 1.82) is 0 Å². The van der Waals surface area contributed by atoms with Crippen molar-refractivity contribution in [2.45, 2.75) is 292 Å². The first-order chi connectivity index (χ1) is 28.7. The van der Waals surface area contributed by atoms with Gasteiger partial charge in [-0.15, -0.1) is 0 Å². The van der Waals surface area contributed by atoms with Crippen molar-refractivity contribution in [3.05, 3.63) is 0 Å². The highest BCUT2D eigenvalue weighted by Crippen LogP contribution is 2.27. The Kier molecular flexibility index (Phi) is 41.2. The fourth-order valence-electron chi connectivity index (χ4n) is 8.53. The second-order valence-electron chi connectivity index (χ2n) is 18.3. The van der Waals surface area contributed by atoms with Gasteiger partial charge in [0.05, 0.1) is 0 Å². The van der Waals surface area contributed by atoms with Gasteiger partial charge in [0.15, 0.2) is 0 Å². The number of esters is 2. The fourth-order valence-corrected chi connectivity index (χ4v) is 9.57. The van der Waals surface area contributed by atoms with Crippen LogP contribution in [-0.4, -0.2) is 52.6 Å². The number of amides is 1. The Morgan fingerprint density at radius 2 is 0.814 bits per heavy atom. The van der Waals surface area contributed by atoms with E-state index in [0.717, 1.165) is 76.4 Å². The number of hydrogen-bond donors (Lipinski definition) is 0. The molecule has 0 spiro atoms. The van der Waals surface area contributed by atoms with Gasteiger partial charge in [0.2, 0.25) is 0 Å². The predicted molar refractivity (Wildman–Crippen MR) is 257 cm³/mol. The zero-order valence-corrected chi connectivity index (χ0v) is 41.6. The van der Waals surface area contributed by atoms with Crippen LogP contribution in [0.15, 0.2) is 0 Å². The minimum Gasteiger partial charge on any atom is -0.462 e. The second kappa shape index (κ2) is 42.1. The SMILES string of the molecule is CCCCCCCC(CCCCCCC)OC(=O)CCCC(CCCC(=O)OC(CCCCCCC)CCCCCCC)N(CC)C(=O)SCCC(CCCC)C(C)C. The summed E-state index contributed by atoms with van der Waals surface area (Å²) in [5, 5.41) is 0.137. The highest BCUT2D eigenvalue weighted by atomic mass is 32.2. The number of thioether (sulfide) groups is 1. The van der Waals surface area contributed by atoms with E-state index in [1.165, 1.54) is 134 Å². The molecule has 350 valence electrons. The number of carbonyl (C=O) groups excluding carboxylic acids is 3. The summed E-state index contributed by atoms with van der Waals surface area (Å²) in [6, 6.07) is -0.0116. The molecule has 0 aromatic rings. The van der Waals surface area contributed by atoms with Crippen molar-refractivity contribution in [3.8, 4) is 0 Å². The molecule has 0 aliphatic heterocycles. The van der Waals surface area contributed by atoms with Crippen LogP contribution in [0.3, 0.4) is 0 Å². The van der Waals surface area contributed by atoms with E-state index in [0.29, 0.717) is 44.1 Å². The van der Waals surface area contributed by atoms with Crippen LogP contribution < -0.4 is 0 Å². The summed E-state index contributed by atoms with van der Waals surface area (Å²) in [4.78, 5) is 42.5. The van der Waals surface area contributed by atoms with E-state index in [9.17, 15) is 14.4 Å². The minimum absolute atomic E-state index is 0.0116. The van der Waals surface area contributed by atoms with E-state index in [-0.39, 0.29) is 35.4 Å². The molecule has 0 bridgehead atoms. The fraction of sp³-hybridized carbons (Fsp3) is 0.942. The van der Waals surface area contributed by atoms with Crippen LogP contribution in [0, 0.1) is 11.8 Å². The Bertz CT molecular complexity index is 879. The largest absolute Gasteiger partial charge is 0.462 e. The molecule has 0 aliphatic carbocycles. The lowest BCUT2D eigenvalue weighted by Gasteiger charge is -2.31. The van der Waals surface area contributed by atoms with Gasteiger partial charge in [0.25, 0.3) is 5.24 Å². The van der Waals surface area contributed by atoms with Gasteiger partial charge in [-0.25, -0.2) is 0 Å². The van der Waals surface area contributed by atoms with Crippen LogP contribution in [0.4, 0.5) is 4.79 Å². The molecule has 7 heteroatoms. The summed E-state index contributed by atoms with van der Waals surface area (Å²) < 4.78 is 12.3. The van der Waals surface area contributed by atoms with Gasteiger partial charge in [-0.2, -0.15) is 0 Å². The molecule has 0 radical (unpaired) electrons. The third-order valence-corrected chi connectivity index (χ3v) is 13.5. The Hall–Kier alpha value is -1.24. The lowest BCUT2D eigenvalue weighted by atomic mass is 9.88. The average Bonchev–Trinajstić information content (AvgIpc) is 3.21. The summed E-state index contributed by atoms with van der Waals surface area (Å²) in [5.74, 6) is 1.92. The zero-order chi connectivity index (χ0) is 43.8. The molecule has 6 nitrogen and oxygen atoms in total. The van der Waals surface area contributed by atoms with Crippen molar-refractivity contribution >= 4 is 28.9 Å². The van der Waals surface area contributed by atoms with Gasteiger partial charge < -0.3 is 14.4 Å². The van der Waals surface area contributed by atoms with E-state index < -0.39 is 0 Å². The van der Waals surface area contributed by atoms with Crippen molar-refractivity contribution in [1.82, 2.24) is 4.90 Å². The molecule has 59 heavy (non-hydrogen) atoms. The van der Waals surface area contributed by atoms with Crippen LogP contribution in [0.1, 0.15) is 274 Å². The van der Waals surface area contributed by atoms with Gasteiger partial charge >= 0.3 is 11.9 Å². The van der Waals surface area contributed by atoms with Gasteiger partial charge in [0, 0.05) is 31.2 Å². The summed E-state index contributed by atoms with van der Waals surface area (Å²) in [6.45, 7) is 18.6. The van der Waals surface area contributed by atoms with Crippen LogP contribution in [-0.2, 0) is 19.1 Å². The molecule has 0 aliphatic rings. The molecular formula is C52H101NO5S. The lowest BCUT2D eigenvalue weighted by Crippen LogP contribution is -2.38. The van der Waals surface area contributed by atoms with Crippen LogP contribution >= 0.6 is 11.8 Å². The van der Waals surface area contributed by atoms with Gasteiger partial charge in [-0.05, 0) is 102 Å². The maximum atomic E-state index is 13.8. The number of ether oxygens (including phenoxy) is 2. The van der Waals surface area contributed by atoms with Gasteiger partial charge in [-0.3, -0.25) is 14.4 Å². The number of unbranched alkanes of at least 4 members (excludes halogenated alkanes) is 17. The Morgan fingerprint density at radius 3 is 1.15 bits per heavy atom. The van der Waals surface area contributed by atoms with E-state index >= 15 is 0 Å². The van der Waals surface area contributed by atoms with Crippen LogP contribution in [0.5, 0.6) is 0 Å².